The van der Waals surface area contributed by atoms with Crippen LogP contribution in [0, 0.1) is 0 Å². The molecular formula is C23H21N3O2. The van der Waals surface area contributed by atoms with Gasteiger partial charge in [-0.05, 0) is 52.9 Å². The Balaban J connectivity index is 1.39. The second-order valence-electron chi connectivity index (χ2n) is 7.13. The average molecular weight is 371 g/mol. The summed E-state index contributed by atoms with van der Waals surface area (Å²) >= 11 is 0. The Labute approximate surface area is 164 Å². The van der Waals surface area contributed by atoms with Gasteiger partial charge < -0.3 is 15.0 Å². The highest BCUT2D eigenvalue weighted by molar-refractivity contribution is 6.07. The van der Waals surface area contributed by atoms with Crippen LogP contribution in [0.3, 0.4) is 0 Å². The van der Waals surface area contributed by atoms with Crippen molar-refractivity contribution in [1.82, 2.24) is 4.98 Å². The first-order valence-corrected chi connectivity index (χ1v) is 9.60. The summed E-state index contributed by atoms with van der Waals surface area (Å²) in [5, 5.41) is 3.06. The molecule has 0 atom stereocenters. The van der Waals surface area contributed by atoms with Crippen LogP contribution in [0.4, 0.5) is 11.5 Å². The minimum atomic E-state index is -0.134. The van der Waals surface area contributed by atoms with Gasteiger partial charge in [0.1, 0.15) is 5.82 Å². The Morgan fingerprint density at radius 1 is 0.964 bits per heavy atom. The highest BCUT2D eigenvalue weighted by Gasteiger charge is 2.21. The molecule has 28 heavy (non-hydrogen) atoms. The van der Waals surface area contributed by atoms with Crippen LogP contribution in [-0.2, 0) is 11.2 Å². The van der Waals surface area contributed by atoms with E-state index >= 15 is 0 Å². The maximum Gasteiger partial charge on any atom is 0.259 e. The first-order valence-electron chi connectivity index (χ1n) is 9.60. The number of aromatic nitrogens is 1. The van der Waals surface area contributed by atoms with E-state index in [-0.39, 0.29) is 5.91 Å². The maximum atomic E-state index is 13.0. The summed E-state index contributed by atoms with van der Waals surface area (Å²) in [6, 6.07) is 18.3. The first-order chi connectivity index (χ1) is 13.8. The summed E-state index contributed by atoms with van der Waals surface area (Å²) in [5.74, 6) is 0.585. The average Bonchev–Trinajstić information content (AvgIpc) is 3.12. The molecule has 1 N–H and O–H groups in total. The number of pyridine rings is 1. The van der Waals surface area contributed by atoms with E-state index in [1.807, 2.05) is 12.1 Å². The van der Waals surface area contributed by atoms with Gasteiger partial charge in [-0.3, -0.25) is 4.79 Å². The van der Waals surface area contributed by atoms with Gasteiger partial charge in [0, 0.05) is 25.0 Å². The highest BCUT2D eigenvalue weighted by Crippen LogP contribution is 2.37. The zero-order chi connectivity index (χ0) is 18.9. The number of carbonyl (C=O) groups excluding carboxylic acids is 1. The molecule has 2 aliphatic rings. The SMILES string of the molecule is O=C(Nc1ccc2c(c1)Cc1ccccc1-2)c1cccnc1N1CCOCC1. The number of morpholine rings is 1. The van der Waals surface area contributed by atoms with Crippen LogP contribution in [0.15, 0.2) is 60.8 Å². The van der Waals surface area contributed by atoms with Crippen molar-refractivity contribution >= 4 is 17.4 Å². The number of nitrogens with zero attached hydrogens (tertiary/aromatic N) is 2. The molecule has 0 saturated carbocycles. The number of rotatable bonds is 3. The normalized spacial score (nSPS) is 15.1. The van der Waals surface area contributed by atoms with Gasteiger partial charge in [-0.15, -0.1) is 0 Å². The molecule has 1 aliphatic heterocycles. The molecule has 5 heteroatoms. The number of fused-ring (bicyclic) bond motifs is 3. The Bertz CT molecular complexity index is 1040. The predicted octanol–water partition coefficient (Wildman–Crippen LogP) is 3.74. The standard InChI is InChI=1S/C23H21N3O2/c27-23(21-6-3-9-24-22(21)26-10-12-28-13-11-26)25-18-7-8-20-17(15-18)14-16-4-1-2-5-19(16)20/h1-9,15H,10-14H2,(H,25,27). The molecule has 0 spiro atoms. The van der Waals surface area contributed by atoms with Crippen molar-refractivity contribution in [3.63, 3.8) is 0 Å². The summed E-state index contributed by atoms with van der Waals surface area (Å²) in [6.45, 7) is 2.80. The van der Waals surface area contributed by atoms with Gasteiger partial charge in [0.05, 0.1) is 18.8 Å². The summed E-state index contributed by atoms with van der Waals surface area (Å²) in [6.07, 6.45) is 2.63. The van der Waals surface area contributed by atoms with Gasteiger partial charge in [-0.25, -0.2) is 4.98 Å². The largest absolute Gasteiger partial charge is 0.378 e. The quantitative estimate of drug-likeness (QED) is 0.596. The van der Waals surface area contributed by atoms with Gasteiger partial charge in [-0.2, -0.15) is 0 Å². The molecule has 5 rings (SSSR count). The zero-order valence-corrected chi connectivity index (χ0v) is 15.5. The Morgan fingerprint density at radius 3 is 2.68 bits per heavy atom. The van der Waals surface area contributed by atoms with Crippen LogP contribution in [0.1, 0.15) is 21.5 Å². The number of benzene rings is 2. The van der Waals surface area contributed by atoms with Crippen molar-refractivity contribution in [3.05, 3.63) is 77.5 Å². The van der Waals surface area contributed by atoms with Crippen molar-refractivity contribution in [1.29, 1.82) is 0 Å². The zero-order valence-electron chi connectivity index (χ0n) is 15.5. The van der Waals surface area contributed by atoms with Crippen molar-refractivity contribution in [2.24, 2.45) is 0 Å². The van der Waals surface area contributed by atoms with Crippen LogP contribution in [-0.4, -0.2) is 37.2 Å². The molecule has 0 unspecified atom stereocenters. The van der Waals surface area contributed by atoms with E-state index in [2.05, 4.69) is 51.6 Å². The second-order valence-corrected chi connectivity index (χ2v) is 7.13. The lowest BCUT2D eigenvalue weighted by molar-refractivity contribution is 0.102. The molecule has 0 radical (unpaired) electrons. The molecule has 1 saturated heterocycles. The number of hydrogen-bond acceptors (Lipinski definition) is 4. The van der Waals surface area contributed by atoms with E-state index in [1.54, 1.807) is 12.3 Å². The molecule has 140 valence electrons. The monoisotopic (exact) mass is 371 g/mol. The van der Waals surface area contributed by atoms with Crippen molar-refractivity contribution < 1.29 is 9.53 Å². The number of carbonyl (C=O) groups is 1. The third kappa shape index (κ3) is 3.04. The molecule has 1 aliphatic carbocycles. The molecule has 2 heterocycles. The number of nitrogens with one attached hydrogen (secondary N) is 1. The fourth-order valence-electron chi connectivity index (χ4n) is 4.02. The molecule has 1 fully saturated rings. The maximum absolute atomic E-state index is 13.0. The summed E-state index contributed by atoms with van der Waals surface area (Å²) < 4.78 is 5.42. The predicted molar refractivity (Wildman–Crippen MR) is 110 cm³/mol. The molecule has 3 aromatic rings. The van der Waals surface area contributed by atoms with E-state index in [9.17, 15) is 4.79 Å². The fraction of sp³-hybridized carbons (Fsp3) is 0.217. The Morgan fingerprint density at radius 2 is 1.79 bits per heavy atom. The number of ether oxygens (including phenoxy) is 1. The van der Waals surface area contributed by atoms with Gasteiger partial charge in [-0.1, -0.05) is 30.3 Å². The van der Waals surface area contributed by atoms with Gasteiger partial charge in [0.15, 0.2) is 0 Å². The number of hydrogen-bond donors (Lipinski definition) is 1. The summed E-state index contributed by atoms with van der Waals surface area (Å²) in [4.78, 5) is 19.6. The third-order valence-corrected chi connectivity index (χ3v) is 5.39. The van der Waals surface area contributed by atoms with Crippen molar-refractivity contribution in [2.45, 2.75) is 6.42 Å². The Hall–Kier alpha value is -3.18. The van der Waals surface area contributed by atoms with Gasteiger partial charge >= 0.3 is 0 Å². The van der Waals surface area contributed by atoms with Gasteiger partial charge in [0.25, 0.3) is 5.91 Å². The number of anilines is 2. The molecule has 0 bridgehead atoms. The fourth-order valence-corrected chi connectivity index (χ4v) is 4.02. The molecular weight excluding hydrogens is 350 g/mol. The topological polar surface area (TPSA) is 54.5 Å². The van der Waals surface area contributed by atoms with Crippen LogP contribution < -0.4 is 10.2 Å². The minimum Gasteiger partial charge on any atom is -0.378 e. The van der Waals surface area contributed by atoms with E-state index in [0.717, 1.165) is 31.0 Å². The second kappa shape index (κ2) is 7.09. The van der Waals surface area contributed by atoms with Crippen LogP contribution in [0.2, 0.25) is 0 Å². The third-order valence-electron chi connectivity index (χ3n) is 5.39. The van der Waals surface area contributed by atoms with E-state index in [1.165, 1.54) is 22.3 Å². The molecule has 2 aromatic carbocycles. The van der Waals surface area contributed by atoms with Gasteiger partial charge in [0.2, 0.25) is 0 Å². The summed E-state index contributed by atoms with van der Waals surface area (Å²) in [5.41, 5.74) is 6.53. The lowest BCUT2D eigenvalue weighted by atomic mass is 10.1. The smallest absolute Gasteiger partial charge is 0.259 e. The van der Waals surface area contributed by atoms with E-state index in [4.69, 9.17) is 4.74 Å². The van der Waals surface area contributed by atoms with Crippen LogP contribution in [0.25, 0.3) is 11.1 Å². The van der Waals surface area contributed by atoms with E-state index < -0.39 is 0 Å². The lowest BCUT2D eigenvalue weighted by Gasteiger charge is -2.29. The molecule has 1 amide bonds. The number of amides is 1. The van der Waals surface area contributed by atoms with Crippen LogP contribution in [0.5, 0.6) is 0 Å². The molecule has 1 aromatic heterocycles. The van der Waals surface area contributed by atoms with Crippen molar-refractivity contribution in [2.75, 3.05) is 36.5 Å². The lowest BCUT2D eigenvalue weighted by Crippen LogP contribution is -2.38. The Kier molecular flexibility index (Phi) is 4.29. The first kappa shape index (κ1) is 17.0. The highest BCUT2D eigenvalue weighted by atomic mass is 16.5. The van der Waals surface area contributed by atoms with E-state index in [0.29, 0.717) is 18.8 Å². The molecule has 5 nitrogen and oxygen atoms in total. The minimum absolute atomic E-state index is 0.134. The summed E-state index contributed by atoms with van der Waals surface area (Å²) in [7, 11) is 0. The van der Waals surface area contributed by atoms with Crippen LogP contribution >= 0.6 is 0 Å². The van der Waals surface area contributed by atoms with Crippen molar-refractivity contribution in [3.8, 4) is 11.1 Å².